The summed E-state index contributed by atoms with van der Waals surface area (Å²) in [5.41, 5.74) is 17.7. The van der Waals surface area contributed by atoms with Crippen LogP contribution in [0.25, 0.3) is 0 Å². The van der Waals surface area contributed by atoms with Crippen molar-refractivity contribution in [2.24, 2.45) is 16.9 Å². The molecule has 0 unspecified atom stereocenters. The van der Waals surface area contributed by atoms with Crippen molar-refractivity contribution in [3.05, 3.63) is 179 Å². The van der Waals surface area contributed by atoms with E-state index in [1.54, 1.807) is 6.92 Å². The van der Waals surface area contributed by atoms with Crippen LogP contribution in [-0.2, 0) is 40.6 Å². The summed E-state index contributed by atoms with van der Waals surface area (Å²) >= 11 is 0. The number of aryl methyl sites for hydroxylation is 1. The molecule has 4 nitrogen and oxygen atoms in total. The zero-order valence-electron chi connectivity index (χ0n) is 26.4. The van der Waals surface area contributed by atoms with Crippen molar-refractivity contribution in [3.63, 3.8) is 0 Å². The summed E-state index contributed by atoms with van der Waals surface area (Å²) in [7, 11) is 0. The fourth-order valence-corrected chi connectivity index (χ4v) is 7.27. The second kappa shape index (κ2) is 14.1. The molecular weight excluding hydrogens is 552 g/mol. The lowest BCUT2D eigenvalue weighted by Crippen LogP contribution is -2.76. The molecule has 0 saturated heterocycles. The van der Waals surface area contributed by atoms with Crippen LogP contribution in [0.15, 0.2) is 146 Å². The standard InChI is InChI=1S/C41H44N2O2/c1-3-45-38(44)41(42,43)40(30-35-23-12-6-13-24-35,31-36-25-14-7-15-26-36)39(28-33-19-8-4-9-20-33,29-34-21-10-5-11-22-34)37-27-17-16-18-32(37)2/h4-27H,3,28-31,42-43H2,1-2H3. The molecule has 0 amide bonds. The minimum atomic E-state index is -1.89. The van der Waals surface area contributed by atoms with Crippen LogP contribution >= 0.6 is 0 Å². The third kappa shape index (κ3) is 6.63. The van der Waals surface area contributed by atoms with Gasteiger partial charge in [-0.2, -0.15) is 0 Å². The van der Waals surface area contributed by atoms with Crippen LogP contribution in [0.3, 0.4) is 0 Å². The molecule has 0 aliphatic carbocycles. The highest BCUT2D eigenvalue weighted by atomic mass is 16.5. The first-order chi connectivity index (χ1) is 21.8. The van der Waals surface area contributed by atoms with Crippen molar-refractivity contribution < 1.29 is 9.53 Å². The van der Waals surface area contributed by atoms with Gasteiger partial charge in [0.2, 0.25) is 0 Å². The largest absolute Gasteiger partial charge is 0.464 e. The van der Waals surface area contributed by atoms with Gasteiger partial charge in [0.25, 0.3) is 0 Å². The Morgan fingerprint density at radius 3 is 1.29 bits per heavy atom. The summed E-state index contributed by atoms with van der Waals surface area (Å²) < 4.78 is 5.76. The predicted octanol–water partition coefficient (Wildman–Crippen LogP) is 7.37. The van der Waals surface area contributed by atoms with Crippen LogP contribution < -0.4 is 11.5 Å². The Balaban J connectivity index is 1.95. The van der Waals surface area contributed by atoms with E-state index in [1.807, 2.05) is 48.5 Å². The van der Waals surface area contributed by atoms with Gasteiger partial charge in [0, 0.05) is 10.8 Å². The summed E-state index contributed by atoms with van der Waals surface area (Å²) in [4.78, 5) is 14.3. The maximum Gasteiger partial charge on any atom is 0.341 e. The minimum Gasteiger partial charge on any atom is -0.464 e. The number of ether oxygens (including phenoxy) is 1. The molecule has 230 valence electrons. The number of hydrogen-bond donors (Lipinski definition) is 2. The van der Waals surface area contributed by atoms with E-state index in [4.69, 9.17) is 16.2 Å². The number of hydrogen-bond acceptors (Lipinski definition) is 4. The van der Waals surface area contributed by atoms with Gasteiger partial charge in [-0.15, -0.1) is 0 Å². The molecule has 0 heterocycles. The van der Waals surface area contributed by atoms with E-state index in [2.05, 4.69) is 104 Å². The summed E-state index contributed by atoms with van der Waals surface area (Å²) in [6.45, 7) is 4.12. The second-order valence-corrected chi connectivity index (χ2v) is 12.2. The van der Waals surface area contributed by atoms with Gasteiger partial charge in [0.15, 0.2) is 5.66 Å². The van der Waals surface area contributed by atoms with E-state index in [9.17, 15) is 4.79 Å². The van der Waals surface area contributed by atoms with Gasteiger partial charge in [0.05, 0.1) is 6.61 Å². The number of carbonyl (C=O) groups excluding carboxylic acids is 1. The SMILES string of the molecule is CCOC(=O)C(N)(N)C(Cc1ccccc1)(Cc1ccccc1)C(Cc1ccccc1)(Cc1ccccc1)c1ccccc1C. The molecule has 0 fully saturated rings. The van der Waals surface area contributed by atoms with Crippen molar-refractivity contribution in [1.29, 1.82) is 0 Å². The first-order valence-electron chi connectivity index (χ1n) is 15.8. The minimum absolute atomic E-state index is 0.177. The van der Waals surface area contributed by atoms with E-state index in [0.29, 0.717) is 25.7 Å². The molecule has 0 saturated carbocycles. The lowest BCUT2D eigenvalue weighted by Gasteiger charge is -2.58. The Morgan fingerprint density at radius 2 is 0.911 bits per heavy atom. The molecule has 0 bridgehead atoms. The van der Waals surface area contributed by atoms with Crippen molar-refractivity contribution in [2.45, 2.75) is 50.6 Å². The number of rotatable bonds is 13. The van der Waals surface area contributed by atoms with Gasteiger partial charge < -0.3 is 16.2 Å². The topological polar surface area (TPSA) is 78.3 Å². The Hall–Kier alpha value is -4.51. The Morgan fingerprint density at radius 1 is 0.556 bits per heavy atom. The van der Waals surface area contributed by atoms with Crippen LogP contribution in [0.5, 0.6) is 0 Å². The fourth-order valence-electron chi connectivity index (χ4n) is 7.27. The van der Waals surface area contributed by atoms with Crippen molar-refractivity contribution >= 4 is 5.97 Å². The maximum absolute atomic E-state index is 14.3. The van der Waals surface area contributed by atoms with E-state index in [0.717, 1.165) is 33.4 Å². The van der Waals surface area contributed by atoms with Gasteiger partial charge in [-0.25, -0.2) is 4.79 Å². The summed E-state index contributed by atoms with van der Waals surface area (Å²) in [5, 5.41) is 0. The van der Waals surface area contributed by atoms with E-state index < -0.39 is 22.5 Å². The number of esters is 1. The smallest absolute Gasteiger partial charge is 0.341 e. The maximum atomic E-state index is 14.3. The molecule has 4 N–H and O–H groups in total. The van der Waals surface area contributed by atoms with Crippen LogP contribution in [-0.4, -0.2) is 18.2 Å². The molecule has 5 aromatic rings. The highest BCUT2D eigenvalue weighted by Gasteiger charge is 2.64. The molecule has 0 spiro atoms. The van der Waals surface area contributed by atoms with Crippen molar-refractivity contribution in [1.82, 2.24) is 0 Å². The highest BCUT2D eigenvalue weighted by Crippen LogP contribution is 2.56. The average molecular weight is 597 g/mol. The van der Waals surface area contributed by atoms with Gasteiger partial charge in [0.1, 0.15) is 0 Å². The van der Waals surface area contributed by atoms with Crippen LogP contribution in [0, 0.1) is 12.3 Å². The predicted molar refractivity (Wildman–Crippen MR) is 184 cm³/mol. The molecule has 45 heavy (non-hydrogen) atoms. The lowest BCUT2D eigenvalue weighted by molar-refractivity contribution is -0.159. The lowest BCUT2D eigenvalue weighted by atomic mass is 9.46. The quantitative estimate of drug-likeness (QED) is 0.110. The molecule has 5 rings (SSSR count). The molecule has 4 heteroatoms. The highest BCUT2D eigenvalue weighted by molar-refractivity contribution is 5.82. The van der Waals surface area contributed by atoms with Gasteiger partial charge in [-0.3, -0.25) is 0 Å². The fraction of sp³-hybridized carbons (Fsp3) is 0.244. The monoisotopic (exact) mass is 596 g/mol. The Labute approximate surface area is 268 Å². The molecule has 5 aromatic carbocycles. The van der Waals surface area contributed by atoms with Crippen LogP contribution in [0.4, 0.5) is 0 Å². The zero-order chi connectivity index (χ0) is 31.8. The average Bonchev–Trinajstić information content (AvgIpc) is 3.06. The zero-order valence-corrected chi connectivity index (χ0v) is 26.4. The normalized spacial score (nSPS) is 12.1. The molecule has 0 atom stereocenters. The first kappa shape index (κ1) is 31.9. The Bertz CT molecular complexity index is 1570. The summed E-state index contributed by atoms with van der Waals surface area (Å²) in [6, 6.07) is 50.1. The van der Waals surface area contributed by atoms with Gasteiger partial charge in [-0.05, 0) is 72.9 Å². The van der Waals surface area contributed by atoms with Crippen molar-refractivity contribution in [2.75, 3.05) is 6.61 Å². The van der Waals surface area contributed by atoms with Crippen LogP contribution in [0.2, 0.25) is 0 Å². The third-order valence-electron chi connectivity index (χ3n) is 9.38. The Kier molecular flexibility index (Phi) is 9.97. The number of nitrogens with two attached hydrogens (primary N) is 2. The van der Waals surface area contributed by atoms with E-state index in [-0.39, 0.29) is 6.61 Å². The summed E-state index contributed by atoms with van der Waals surface area (Å²) in [6.07, 6.45) is 2.09. The third-order valence-corrected chi connectivity index (χ3v) is 9.38. The molecular formula is C41H44N2O2. The molecule has 0 aliphatic heterocycles. The first-order valence-corrected chi connectivity index (χ1v) is 15.8. The van der Waals surface area contributed by atoms with E-state index in [1.165, 1.54) is 0 Å². The molecule has 0 radical (unpaired) electrons. The molecule has 0 aromatic heterocycles. The second-order valence-electron chi connectivity index (χ2n) is 12.2. The van der Waals surface area contributed by atoms with E-state index >= 15 is 0 Å². The number of benzene rings is 5. The summed E-state index contributed by atoms with van der Waals surface area (Å²) in [5.74, 6) is -0.601. The molecule has 0 aliphatic rings. The van der Waals surface area contributed by atoms with Gasteiger partial charge in [-0.1, -0.05) is 146 Å². The van der Waals surface area contributed by atoms with Gasteiger partial charge >= 0.3 is 5.97 Å². The number of carbonyl (C=O) groups is 1. The van der Waals surface area contributed by atoms with Crippen LogP contribution in [0.1, 0.15) is 40.3 Å². The van der Waals surface area contributed by atoms with Crippen molar-refractivity contribution in [3.8, 4) is 0 Å².